The van der Waals surface area contributed by atoms with E-state index in [1.54, 1.807) is 0 Å². The first-order valence-corrected chi connectivity index (χ1v) is 5.39. The lowest BCUT2D eigenvalue weighted by Gasteiger charge is -2.23. The molecule has 0 saturated heterocycles. The Morgan fingerprint density at radius 3 is 2.27 bits per heavy atom. The van der Waals surface area contributed by atoms with E-state index in [1.165, 1.54) is 0 Å². The maximum atomic E-state index is 9.14. The average Bonchev–Trinajstić information content (AvgIpc) is 2.94. The molecule has 2 heteroatoms. The van der Waals surface area contributed by atoms with Crippen LogP contribution >= 0.6 is 0 Å². The lowest BCUT2D eigenvalue weighted by atomic mass is 9.86. The minimum absolute atomic E-state index is 0.165. The normalized spacial score (nSPS) is 30.3. The summed E-state index contributed by atoms with van der Waals surface area (Å²) in [6.07, 6.45) is 0.900. The molecule has 1 saturated carbocycles. The van der Waals surface area contributed by atoms with Crippen LogP contribution in [0.15, 0.2) is 30.3 Å². The minimum atomic E-state index is -0.459. The maximum Gasteiger partial charge on any atom is 0.132 e. The van der Waals surface area contributed by atoms with Crippen molar-refractivity contribution in [1.82, 2.24) is 0 Å². The van der Waals surface area contributed by atoms with Crippen LogP contribution in [0.2, 0.25) is 0 Å². The molecular formula is C13H18O2. The van der Waals surface area contributed by atoms with Crippen molar-refractivity contribution in [1.29, 1.82) is 0 Å². The highest BCUT2D eigenvalue weighted by Gasteiger charge is 2.62. The Balaban J connectivity index is 2.29. The second-order valence-corrected chi connectivity index (χ2v) is 5.47. The molecule has 0 spiro atoms. The molecular weight excluding hydrogens is 188 g/mol. The van der Waals surface area contributed by atoms with Crippen LogP contribution in [0.4, 0.5) is 0 Å². The Morgan fingerprint density at radius 1 is 1.27 bits per heavy atom. The first-order chi connectivity index (χ1) is 7.00. The maximum absolute atomic E-state index is 9.14. The topological polar surface area (TPSA) is 29.5 Å². The summed E-state index contributed by atoms with van der Waals surface area (Å²) in [6, 6.07) is 9.97. The van der Waals surface area contributed by atoms with E-state index in [-0.39, 0.29) is 5.41 Å². The quantitative estimate of drug-likeness (QED) is 0.593. The van der Waals surface area contributed by atoms with Gasteiger partial charge in [0.2, 0.25) is 0 Å². The van der Waals surface area contributed by atoms with Gasteiger partial charge in [0.1, 0.15) is 5.60 Å². The number of rotatable bonds is 2. The van der Waals surface area contributed by atoms with E-state index in [4.69, 9.17) is 10.1 Å². The lowest BCUT2D eigenvalue weighted by molar-refractivity contribution is -0.302. The fraction of sp³-hybridized carbons (Fsp3) is 0.538. The zero-order valence-corrected chi connectivity index (χ0v) is 9.53. The van der Waals surface area contributed by atoms with Gasteiger partial charge in [0.25, 0.3) is 0 Å². The van der Waals surface area contributed by atoms with Crippen molar-refractivity contribution in [2.45, 2.75) is 32.8 Å². The molecule has 0 aromatic heterocycles. The van der Waals surface area contributed by atoms with Gasteiger partial charge >= 0.3 is 0 Å². The zero-order valence-electron chi connectivity index (χ0n) is 9.53. The van der Waals surface area contributed by atoms with Gasteiger partial charge in [-0.2, -0.15) is 0 Å². The number of hydrogen-bond acceptors (Lipinski definition) is 2. The van der Waals surface area contributed by atoms with Crippen molar-refractivity contribution in [3.05, 3.63) is 35.9 Å². The molecule has 1 aliphatic rings. The summed E-state index contributed by atoms with van der Waals surface area (Å²) in [5.74, 6) is 0.386. The van der Waals surface area contributed by atoms with Crippen LogP contribution in [0.1, 0.15) is 32.8 Å². The molecule has 2 unspecified atom stereocenters. The standard InChI is InChI=1S/C13H18O2/c1-12(2,3)11-9-13(11,15-14)10-7-5-4-6-8-10/h4-8,11,14H,9H2,1-3H3. The molecule has 2 rings (SSSR count). The molecule has 2 nitrogen and oxygen atoms in total. The van der Waals surface area contributed by atoms with E-state index < -0.39 is 5.60 Å². The Morgan fingerprint density at radius 2 is 1.87 bits per heavy atom. The van der Waals surface area contributed by atoms with Gasteiger partial charge in [-0.25, -0.2) is 4.89 Å². The van der Waals surface area contributed by atoms with Crippen LogP contribution in [0, 0.1) is 11.3 Å². The summed E-state index contributed by atoms with van der Waals surface area (Å²) in [5.41, 5.74) is 0.783. The first-order valence-electron chi connectivity index (χ1n) is 5.39. The molecule has 0 aliphatic heterocycles. The van der Waals surface area contributed by atoms with E-state index >= 15 is 0 Å². The highest BCUT2D eigenvalue weighted by Crippen LogP contribution is 2.62. The van der Waals surface area contributed by atoms with Crippen LogP contribution in [-0.4, -0.2) is 5.26 Å². The Bertz CT molecular complexity index is 339. The van der Waals surface area contributed by atoms with Crippen LogP contribution in [-0.2, 0) is 10.5 Å². The van der Waals surface area contributed by atoms with E-state index in [0.717, 1.165) is 12.0 Å². The smallest absolute Gasteiger partial charge is 0.132 e. The van der Waals surface area contributed by atoms with E-state index in [2.05, 4.69) is 20.8 Å². The largest absolute Gasteiger partial charge is 0.251 e. The van der Waals surface area contributed by atoms with Crippen molar-refractivity contribution >= 4 is 0 Å². The number of hydrogen-bond donors (Lipinski definition) is 1. The molecule has 82 valence electrons. The third-order valence-corrected chi connectivity index (χ3v) is 3.38. The molecule has 2 atom stereocenters. The summed E-state index contributed by atoms with van der Waals surface area (Å²) >= 11 is 0. The summed E-state index contributed by atoms with van der Waals surface area (Å²) in [4.78, 5) is 4.77. The van der Waals surface area contributed by atoms with Crippen LogP contribution in [0.5, 0.6) is 0 Å². The third kappa shape index (κ3) is 1.68. The van der Waals surface area contributed by atoms with E-state index in [9.17, 15) is 0 Å². The van der Waals surface area contributed by atoms with Gasteiger partial charge in [-0.1, -0.05) is 51.1 Å². The Hall–Kier alpha value is -0.860. The van der Waals surface area contributed by atoms with Crippen LogP contribution in [0.3, 0.4) is 0 Å². The summed E-state index contributed by atoms with van der Waals surface area (Å²) < 4.78 is 0. The number of benzene rings is 1. The van der Waals surface area contributed by atoms with Gasteiger partial charge in [-0.3, -0.25) is 5.26 Å². The summed E-state index contributed by atoms with van der Waals surface area (Å²) in [7, 11) is 0. The molecule has 0 amide bonds. The Labute approximate surface area is 90.8 Å². The van der Waals surface area contributed by atoms with Gasteiger partial charge in [-0.05, 0) is 17.4 Å². The fourth-order valence-electron chi connectivity index (χ4n) is 2.44. The van der Waals surface area contributed by atoms with Crippen molar-refractivity contribution in [3.63, 3.8) is 0 Å². The predicted molar refractivity (Wildman–Crippen MR) is 59.4 cm³/mol. The van der Waals surface area contributed by atoms with E-state index in [0.29, 0.717) is 5.92 Å². The molecule has 1 aliphatic carbocycles. The molecule has 15 heavy (non-hydrogen) atoms. The second kappa shape index (κ2) is 3.32. The third-order valence-electron chi connectivity index (χ3n) is 3.38. The van der Waals surface area contributed by atoms with Crippen LogP contribution < -0.4 is 0 Å². The molecule has 0 radical (unpaired) electrons. The molecule has 0 heterocycles. The van der Waals surface area contributed by atoms with Gasteiger partial charge in [0.15, 0.2) is 0 Å². The molecule has 1 fully saturated rings. The van der Waals surface area contributed by atoms with Gasteiger partial charge in [-0.15, -0.1) is 0 Å². The van der Waals surface area contributed by atoms with Crippen molar-refractivity contribution < 1.29 is 10.1 Å². The SMILES string of the molecule is CC(C)(C)C1CC1(OO)c1ccccc1. The van der Waals surface area contributed by atoms with Crippen molar-refractivity contribution in [2.75, 3.05) is 0 Å². The van der Waals surface area contributed by atoms with Gasteiger partial charge in [0, 0.05) is 5.92 Å². The zero-order chi connectivity index (χ0) is 11.1. The summed E-state index contributed by atoms with van der Waals surface area (Å²) in [6.45, 7) is 6.55. The highest BCUT2D eigenvalue weighted by atomic mass is 17.1. The lowest BCUT2D eigenvalue weighted by Crippen LogP contribution is -2.20. The average molecular weight is 206 g/mol. The molecule has 1 N–H and O–H groups in total. The van der Waals surface area contributed by atoms with E-state index in [1.807, 2.05) is 30.3 Å². The van der Waals surface area contributed by atoms with Crippen molar-refractivity contribution in [2.24, 2.45) is 11.3 Å². The predicted octanol–water partition coefficient (Wildman–Crippen LogP) is 3.44. The Kier molecular flexibility index (Phi) is 2.36. The molecule has 0 bridgehead atoms. The molecule has 1 aromatic rings. The highest BCUT2D eigenvalue weighted by molar-refractivity contribution is 5.31. The fourth-order valence-corrected chi connectivity index (χ4v) is 2.44. The monoisotopic (exact) mass is 206 g/mol. The van der Waals surface area contributed by atoms with Gasteiger partial charge in [0.05, 0.1) is 0 Å². The van der Waals surface area contributed by atoms with Crippen LogP contribution in [0.25, 0.3) is 0 Å². The summed E-state index contributed by atoms with van der Waals surface area (Å²) in [5, 5.41) is 9.14. The van der Waals surface area contributed by atoms with Crippen molar-refractivity contribution in [3.8, 4) is 0 Å². The minimum Gasteiger partial charge on any atom is -0.251 e. The molecule has 1 aromatic carbocycles. The second-order valence-electron chi connectivity index (χ2n) is 5.47. The van der Waals surface area contributed by atoms with Gasteiger partial charge < -0.3 is 0 Å². The first kappa shape index (κ1) is 10.7.